The molecule has 2 unspecified atom stereocenters. The molecule has 1 aromatic heterocycles. The van der Waals surface area contributed by atoms with Gasteiger partial charge in [0.2, 0.25) is 22.1 Å². The number of amides is 1. The average molecular weight is 549 g/mol. The highest BCUT2D eigenvalue weighted by Gasteiger charge is 2.31. The van der Waals surface area contributed by atoms with Crippen molar-refractivity contribution in [1.82, 2.24) is 20.0 Å². The lowest BCUT2D eigenvalue weighted by Crippen LogP contribution is -2.50. The zero-order valence-corrected chi connectivity index (χ0v) is 23.2. The average Bonchev–Trinajstić information content (AvgIpc) is 3.41. The monoisotopic (exact) mass is 548 g/mol. The van der Waals surface area contributed by atoms with Gasteiger partial charge < -0.3 is 25.6 Å². The number of hydrogen-bond donors (Lipinski definition) is 5. The van der Waals surface area contributed by atoms with Crippen molar-refractivity contribution in [3.05, 3.63) is 40.2 Å². The quantitative estimate of drug-likeness (QED) is 0.237. The minimum atomic E-state index is -4.14. The molecule has 0 fully saturated rings. The Hall–Kier alpha value is -3.45. The van der Waals surface area contributed by atoms with E-state index in [0.29, 0.717) is 24.0 Å². The number of imidazole rings is 1. The van der Waals surface area contributed by atoms with Crippen molar-refractivity contribution in [2.75, 3.05) is 18.4 Å². The highest BCUT2D eigenvalue weighted by atomic mass is 32.2. The number of benzene rings is 1. The van der Waals surface area contributed by atoms with Gasteiger partial charge in [-0.1, -0.05) is 22.9 Å². The number of H-pyrrole nitrogens is 1. The second-order valence-corrected chi connectivity index (χ2v) is 11.3. The molecule has 0 saturated heterocycles. The number of carboxylic acid groups (broad SMARTS) is 1. The number of anilines is 1. The van der Waals surface area contributed by atoms with Crippen molar-refractivity contribution < 1.29 is 28.0 Å². The van der Waals surface area contributed by atoms with Crippen LogP contribution in [0.2, 0.25) is 0 Å². The zero-order chi connectivity index (χ0) is 28.0. The number of carbonyl (C=O) groups is 2. The largest absolute Gasteiger partial charge is 0.480 e. The lowest BCUT2D eigenvalue weighted by Gasteiger charge is -2.19. The maximum atomic E-state index is 12.9. The molecule has 2 atom stereocenters. The summed E-state index contributed by atoms with van der Waals surface area (Å²) in [6.45, 7) is 9.35. The summed E-state index contributed by atoms with van der Waals surface area (Å²) in [5.74, 6) is -1.22. The van der Waals surface area contributed by atoms with Crippen molar-refractivity contribution in [3.8, 4) is 0 Å². The Morgan fingerprint density at radius 2 is 1.84 bits per heavy atom. The highest BCUT2D eigenvalue weighted by Crippen LogP contribution is 2.22. The van der Waals surface area contributed by atoms with Gasteiger partial charge in [-0.2, -0.15) is 4.72 Å². The summed E-state index contributed by atoms with van der Waals surface area (Å²) in [7, 11) is -4.14. The molecule has 0 aliphatic carbocycles. The summed E-state index contributed by atoms with van der Waals surface area (Å²) >= 11 is 0. The number of aryl methyl sites for hydroxylation is 5. The topological polar surface area (TPSA) is 175 Å². The molecule has 1 aromatic carbocycles. The van der Waals surface area contributed by atoms with Crippen molar-refractivity contribution in [3.63, 3.8) is 0 Å². The van der Waals surface area contributed by atoms with Gasteiger partial charge in [-0.25, -0.2) is 13.4 Å². The normalized spacial score (nSPS) is 16.0. The van der Waals surface area contributed by atoms with E-state index in [1.54, 1.807) is 26.0 Å². The molecule has 5 N–H and O–H groups in total. The molecule has 2 heterocycles. The molecule has 1 aliphatic rings. The Balaban J connectivity index is 1.44. The van der Waals surface area contributed by atoms with Crippen LogP contribution in [0.1, 0.15) is 53.8 Å². The summed E-state index contributed by atoms with van der Waals surface area (Å²) in [5, 5.41) is 19.3. The first kappa shape index (κ1) is 29.1. The van der Waals surface area contributed by atoms with Gasteiger partial charge >= 0.3 is 5.97 Å². The summed E-state index contributed by atoms with van der Waals surface area (Å²) in [4.78, 5) is 37.1. The SMILES string of the molecule is Cc1cc(C)c(S(=O)(=O)NC(CNC(=O)C2CC(CCCCNc3nc(C)c(C)[nH]3)=NO2)C(=O)O)c(C)c1. The van der Waals surface area contributed by atoms with Crippen LogP contribution in [0.15, 0.2) is 22.2 Å². The van der Waals surface area contributed by atoms with E-state index >= 15 is 0 Å². The van der Waals surface area contributed by atoms with E-state index in [2.05, 4.69) is 30.5 Å². The van der Waals surface area contributed by atoms with E-state index in [0.717, 1.165) is 48.0 Å². The van der Waals surface area contributed by atoms with Gasteiger partial charge in [0, 0.05) is 25.2 Å². The van der Waals surface area contributed by atoms with Gasteiger partial charge in [-0.05, 0) is 65.0 Å². The van der Waals surface area contributed by atoms with Crippen LogP contribution in [-0.2, 0) is 24.4 Å². The fraction of sp³-hybridized carbons (Fsp3) is 0.520. The molecule has 2 aromatic rings. The molecule has 38 heavy (non-hydrogen) atoms. The molecule has 12 nitrogen and oxygen atoms in total. The lowest BCUT2D eigenvalue weighted by molar-refractivity contribution is -0.139. The van der Waals surface area contributed by atoms with Crippen LogP contribution in [0.3, 0.4) is 0 Å². The second kappa shape index (κ2) is 12.4. The fourth-order valence-electron chi connectivity index (χ4n) is 4.34. The zero-order valence-electron chi connectivity index (χ0n) is 22.3. The molecule has 0 bridgehead atoms. The van der Waals surface area contributed by atoms with Gasteiger partial charge in [0.1, 0.15) is 6.04 Å². The number of oxime groups is 1. The number of aromatic amines is 1. The second-order valence-electron chi connectivity index (χ2n) is 9.62. The van der Waals surface area contributed by atoms with Crippen LogP contribution in [0.25, 0.3) is 0 Å². The number of nitrogens with zero attached hydrogens (tertiary/aromatic N) is 2. The van der Waals surface area contributed by atoms with E-state index in [9.17, 15) is 23.1 Å². The van der Waals surface area contributed by atoms with Crippen LogP contribution in [-0.4, -0.2) is 66.3 Å². The third-order valence-electron chi connectivity index (χ3n) is 6.28. The Kier molecular flexibility index (Phi) is 9.50. The number of aromatic nitrogens is 2. The molecular weight excluding hydrogens is 512 g/mol. The molecular formula is C25H36N6O6S. The summed E-state index contributed by atoms with van der Waals surface area (Å²) in [5.41, 5.74) is 4.64. The minimum Gasteiger partial charge on any atom is -0.480 e. The van der Waals surface area contributed by atoms with E-state index in [-0.39, 0.29) is 4.90 Å². The van der Waals surface area contributed by atoms with Crippen LogP contribution >= 0.6 is 0 Å². The Morgan fingerprint density at radius 1 is 1.16 bits per heavy atom. The molecule has 1 amide bonds. The number of nitrogens with one attached hydrogen (secondary N) is 4. The van der Waals surface area contributed by atoms with E-state index in [1.807, 2.05) is 20.8 Å². The molecule has 1 aliphatic heterocycles. The highest BCUT2D eigenvalue weighted by molar-refractivity contribution is 7.89. The first-order chi connectivity index (χ1) is 17.9. The van der Waals surface area contributed by atoms with E-state index in [4.69, 9.17) is 4.84 Å². The number of hydrogen-bond acceptors (Lipinski definition) is 8. The first-order valence-corrected chi connectivity index (χ1v) is 13.9. The predicted molar refractivity (Wildman–Crippen MR) is 143 cm³/mol. The maximum absolute atomic E-state index is 12.9. The number of aliphatic carboxylic acids is 1. The molecule has 0 saturated carbocycles. The van der Waals surface area contributed by atoms with E-state index < -0.39 is 40.6 Å². The summed E-state index contributed by atoms with van der Waals surface area (Å²) in [6.07, 6.45) is 1.78. The third-order valence-corrected chi connectivity index (χ3v) is 8.06. The molecule has 0 radical (unpaired) electrons. The van der Waals surface area contributed by atoms with Crippen molar-refractivity contribution in [2.45, 2.75) is 77.3 Å². The van der Waals surface area contributed by atoms with Gasteiger partial charge in [-0.15, -0.1) is 0 Å². The minimum absolute atomic E-state index is 0.0300. The summed E-state index contributed by atoms with van der Waals surface area (Å²) < 4.78 is 28.1. The van der Waals surface area contributed by atoms with Gasteiger partial charge in [0.15, 0.2) is 0 Å². The number of unbranched alkanes of at least 4 members (excludes halogenated alkanes) is 1. The van der Waals surface area contributed by atoms with Crippen LogP contribution in [0, 0.1) is 34.6 Å². The summed E-state index contributed by atoms with van der Waals surface area (Å²) in [6, 6.07) is 1.87. The predicted octanol–water partition coefficient (Wildman–Crippen LogP) is 2.23. The lowest BCUT2D eigenvalue weighted by atomic mass is 10.1. The van der Waals surface area contributed by atoms with Gasteiger partial charge in [0.05, 0.1) is 16.3 Å². The number of carboxylic acids is 1. The standard InChI is InChI=1S/C25H36N6O6S/c1-14-10-15(2)22(16(3)11-14)38(35,36)31-20(24(33)34)13-27-23(32)21-12-19(30-37-21)8-6-7-9-26-25-28-17(4)18(5)29-25/h10-11,20-21,31H,6-9,12-13H2,1-5H3,(H,27,32)(H,33,34)(H2,26,28,29). The Bertz CT molecular complexity index is 1280. The fourth-order valence-corrected chi connectivity index (χ4v) is 5.98. The van der Waals surface area contributed by atoms with Crippen LogP contribution in [0.5, 0.6) is 0 Å². The smallest absolute Gasteiger partial charge is 0.323 e. The molecule has 0 spiro atoms. The number of rotatable bonds is 13. The molecule has 13 heteroatoms. The van der Waals surface area contributed by atoms with Crippen molar-refractivity contribution >= 4 is 33.6 Å². The van der Waals surface area contributed by atoms with Crippen LogP contribution in [0.4, 0.5) is 5.95 Å². The molecule has 3 rings (SSSR count). The first-order valence-electron chi connectivity index (χ1n) is 12.5. The van der Waals surface area contributed by atoms with Crippen LogP contribution < -0.4 is 15.4 Å². The van der Waals surface area contributed by atoms with Gasteiger partial charge in [-0.3, -0.25) is 9.59 Å². The number of carbonyl (C=O) groups excluding carboxylic acids is 1. The Labute approximate surface area is 222 Å². The third kappa shape index (κ3) is 7.54. The van der Waals surface area contributed by atoms with Crippen molar-refractivity contribution in [2.24, 2.45) is 5.16 Å². The molecule has 208 valence electrons. The number of sulfonamides is 1. The van der Waals surface area contributed by atoms with E-state index in [1.165, 1.54) is 0 Å². The van der Waals surface area contributed by atoms with Crippen molar-refractivity contribution in [1.29, 1.82) is 0 Å². The maximum Gasteiger partial charge on any atom is 0.323 e. The Morgan fingerprint density at radius 3 is 2.45 bits per heavy atom. The van der Waals surface area contributed by atoms with Gasteiger partial charge in [0.25, 0.3) is 5.91 Å².